The fourth-order valence-corrected chi connectivity index (χ4v) is 0.850. The number of allylic oxidation sites excluding steroid dienone is 2. The molecule has 5 nitrogen and oxygen atoms in total. The molecule has 0 radical (unpaired) electrons. The molecule has 82 valence electrons. The van der Waals surface area contributed by atoms with Crippen molar-refractivity contribution in [2.75, 3.05) is 7.05 Å². The van der Waals surface area contributed by atoms with Crippen LogP contribution >= 0.6 is 12.6 Å². The van der Waals surface area contributed by atoms with Gasteiger partial charge in [-0.2, -0.15) is 5.10 Å². The first-order chi connectivity index (χ1) is 7.08. The second-order valence-corrected chi connectivity index (χ2v) is 2.98. The van der Waals surface area contributed by atoms with Gasteiger partial charge < -0.3 is 16.2 Å². The van der Waals surface area contributed by atoms with Crippen LogP contribution in [0.1, 0.15) is 6.92 Å². The predicted octanol–water partition coefficient (Wildman–Crippen LogP) is 1.22. The molecule has 0 fully saturated rings. The van der Waals surface area contributed by atoms with Crippen molar-refractivity contribution < 1.29 is 0 Å². The molecule has 0 aliphatic rings. The van der Waals surface area contributed by atoms with E-state index in [1.54, 1.807) is 19.3 Å². The van der Waals surface area contributed by atoms with Gasteiger partial charge in [0.2, 0.25) is 0 Å². The number of nitrogens with two attached hydrogens (primary N) is 1. The standard InChI is InChI=1S/C9H15N5S/c1-4-5-12-8(6-10)7(2)14(3)9(15)13-11/h4-6,10H,2,11H2,1,3H3,(H,13,15)/b5-4-,10-6?,12-8+. The molecular formula is C9H15N5S. The minimum atomic E-state index is 0.301. The van der Waals surface area contributed by atoms with Gasteiger partial charge >= 0.3 is 0 Å². The molecule has 0 bridgehead atoms. The molecule has 0 atom stereocenters. The smallest absolute Gasteiger partial charge is 0.183 e. The fourth-order valence-electron chi connectivity index (χ4n) is 0.729. The molecule has 6 heteroatoms. The highest BCUT2D eigenvalue weighted by atomic mass is 32.1. The molecule has 0 aromatic carbocycles. The van der Waals surface area contributed by atoms with E-state index in [0.29, 0.717) is 16.6 Å². The Bertz CT molecular complexity index is 329. The lowest BCUT2D eigenvalue weighted by Gasteiger charge is -2.18. The van der Waals surface area contributed by atoms with Crippen molar-refractivity contribution in [1.29, 1.82) is 5.41 Å². The third-order valence-corrected chi connectivity index (χ3v) is 2.03. The lowest BCUT2D eigenvalue weighted by Crippen LogP contribution is -2.27. The highest BCUT2D eigenvalue weighted by molar-refractivity contribution is 7.96. The fraction of sp³-hybridized carbons (Fsp3) is 0.222. The number of nitrogens with one attached hydrogen (secondary N) is 1. The molecular weight excluding hydrogens is 210 g/mol. The molecule has 0 saturated heterocycles. The molecule has 0 aromatic heterocycles. The van der Waals surface area contributed by atoms with Crippen LogP contribution in [0.2, 0.25) is 0 Å². The Morgan fingerprint density at radius 1 is 1.60 bits per heavy atom. The zero-order chi connectivity index (χ0) is 11.8. The minimum absolute atomic E-state index is 0.301. The van der Waals surface area contributed by atoms with Gasteiger partial charge in [0.25, 0.3) is 0 Å². The lowest BCUT2D eigenvalue weighted by atomic mass is 10.3. The van der Waals surface area contributed by atoms with E-state index in [9.17, 15) is 0 Å². The highest BCUT2D eigenvalue weighted by Gasteiger charge is 2.09. The second-order valence-electron chi connectivity index (χ2n) is 2.58. The zero-order valence-corrected chi connectivity index (χ0v) is 9.70. The van der Waals surface area contributed by atoms with Crippen molar-refractivity contribution >= 4 is 29.7 Å². The number of thiol groups is 1. The third-order valence-electron chi connectivity index (χ3n) is 1.62. The average Bonchev–Trinajstić information content (AvgIpc) is 2.27. The zero-order valence-electron chi connectivity index (χ0n) is 8.81. The van der Waals surface area contributed by atoms with Crippen LogP contribution in [0.5, 0.6) is 0 Å². The van der Waals surface area contributed by atoms with Crippen molar-refractivity contribution in [2.24, 2.45) is 15.9 Å². The third kappa shape index (κ3) is 3.99. The van der Waals surface area contributed by atoms with Crippen LogP contribution in [0.15, 0.2) is 34.6 Å². The van der Waals surface area contributed by atoms with Crippen LogP contribution in [0.3, 0.4) is 0 Å². The van der Waals surface area contributed by atoms with E-state index in [-0.39, 0.29) is 0 Å². The first kappa shape index (κ1) is 13.4. The van der Waals surface area contributed by atoms with Crippen LogP contribution < -0.4 is 5.84 Å². The highest BCUT2D eigenvalue weighted by Crippen LogP contribution is 2.04. The normalized spacial score (nSPS) is 13.0. The van der Waals surface area contributed by atoms with Crippen LogP contribution in [0.25, 0.3) is 0 Å². The summed E-state index contributed by atoms with van der Waals surface area (Å²) in [4.78, 5) is 5.56. The SMILES string of the molecule is C=C(/C(C=N)=N/C=C\C)N(C)/C(S)=N\N. The summed E-state index contributed by atoms with van der Waals surface area (Å²) < 4.78 is 0. The number of nitrogens with zero attached hydrogens (tertiary/aromatic N) is 3. The van der Waals surface area contributed by atoms with E-state index in [1.807, 2.05) is 6.92 Å². The van der Waals surface area contributed by atoms with Gasteiger partial charge in [0.05, 0.1) is 5.70 Å². The van der Waals surface area contributed by atoms with E-state index in [0.717, 1.165) is 6.21 Å². The molecule has 0 aliphatic heterocycles. The summed E-state index contributed by atoms with van der Waals surface area (Å²) >= 11 is 4.03. The Hall–Kier alpha value is -1.56. The van der Waals surface area contributed by atoms with Gasteiger partial charge in [0.1, 0.15) is 5.71 Å². The summed E-state index contributed by atoms with van der Waals surface area (Å²) in [5.41, 5.74) is 0.924. The maximum absolute atomic E-state index is 7.19. The number of rotatable bonds is 4. The molecule has 3 N–H and O–H groups in total. The Labute approximate surface area is 95.0 Å². The van der Waals surface area contributed by atoms with Gasteiger partial charge in [-0.25, -0.2) is 0 Å². The second kappa shape index (κ2) is 6.83. The molecule has 0 aliphatic carbocycles. The Morgan fingerprint density at radius 3 is 2.60 bits per heavy atom. The summed E-state index contributed by atoms with van der Waals surface area (Å²) in [7, 11) is 1.69. The van der Waals surface area contributed by atoms with Crippen LogP contribution in [-0.2, 0) is 0 Å². The molecule has 0 heterocycles. The van der Waals surface area contributed by atoms with Gasteiger partial charge in [-0.3, -0.25) is 4.99 Å². The first-order valence-electron chi connectivity index (χ1n) is 4.17. The quantitative estimate of drug-likeness (QED) is 0.221. The molecule has 0 amide bonds. The van der Waals surface area contributed by atoms with Gasteiger partial charge in [-0.1, -0.05) is 12.7 Å². The molecule has 0 aromatic rings. The van der Waals surface area contributed by atoms with Gasteiger partial charge in [-0.15, -0.1) is 12.6 Å². The average molecular weight is 225 g/mol. The number of aliphatic imine (C=N–C) groups is 1. The Balaban J connectivity index is 4.89. The largest absolute Gasteiger partial charge is 0.321 e. The maximum atomic E-state index is 7.19. The van der Waals surface area contributed by atoms with E-state index < -0.39 is 0 Å². The molecule has 0 rings (SSSR count). The van der Waals surface area contributed by atoms with Crippen LogP contribution in [0, 0.1) is 5.41 Å². The minimum Gasteiger partial charge on any atom is -0.321 e. The Kier molecular flexibility index (Phi) is 6.12. The number of hydrogen-bond donors (Lipinski definition) is 3. The van der Waals surface area contributed by atoms with Crippen molar-refractivity contribution in [3.63, 3.8) is 0 Å². The van der Waals surface area contributed by atoms with E-state index >= 15 is 0 Å². The van der Waals surface area contributed by atoms with Crippen molar-refractivity contribution in [1.82, 2.24) is 4.90 Å². The van der Waals surface area contributed by atoms with Crippen LogP contribution in [0.4, 0.5) is 0 Å². The van der Waals surface area contributed by atoms with Crippen LogP contribution in [-0.4, -0.2) is 29.0 Å². The van der Waals surface area contributed by atoms with Crippen molar-refractivity contribution in [3.05, 3.63) is 24.6 Å². The monoisotopic (exact) mass is 225 g/mol. The van der Waals surface area contributed by atoms with Crippen molar-refractivity contribution in [2.45, 2.75) is 6.92 Å². The molecule has 0 saturated carbocycles. The predicted molar refractivity (Wildman–Crippen MR) is 68.5 cm³/mol. The van der Waals surface area contributed by atoms with E-state index in [1.165, 1.54) is 4.90 Å². The lowest BCUT2D eigenvalue weighted by molar-refractivity contribution is 0.674. The summed E-state index contributed by atoms with van der Waals surface area (Å²) in [6.07, 6.45) is 4.45. The van der Waals surface area contributed by atoms with Gasteiger partial charge in [0.15, 0.2) is 5.17 Å². The van der Waals surface area contributed by atoms with Gasteiger partial charge in [0, 0.05) is 19.5 Å². The Morgan fingerprint density at radius 2 is 2.20 bits per heavy atom. The molecule has 0 spiro atoms. The summed E-state index contributed by atoms with van der Waals surface area (Å²) in [5.74, 6) is 5.07. The van der Waals surface area contributed by atoms with E-state index in [4.69, 9.17) is 11.3 Å². The summed E-state index contributed by atoms with van der Waals surface area (Å²) in [5, 5.41) is 10.9. The number of hydrazone groups is 1. The first-order valence-corrected chi connectivity index (χ1v) is 4.62. The summed E-state index contributed by atoms with van der Waals surface area (Å²) in [6, 6.07) is 0. The summed E-state index contributed by atoms with van der Waals surface area (Å²) in [6.45, 7) is 5.61. The molecule has 15 heavy (non-hydrogen) atoms. The number of amidine groups is 1. The van der Waals surface area contributed by atoms with Crippen molar-refractivity contribution in [3.8, 4) is 0 Å². The maximum Gasteiger partial charge on any atom is 0.183 e. The molecule has 0 unspecified atom stereocenters. The number of hydrogen-bond acceptors (Lipinski definition) is 4. The van der Waals surface area contributed by atoms with E-state index in [2.05, 4.69) is 29.3 Å². The van der Waals surface area contributed by atoms with Gasteiger partial charge in [-0.05, 0) is 6.92 Å². The topological polar surface area (TPSA) is 77.8 Å².